The molecule has 0 spiro atoms. The van der Waals surface area contributed by atoms with E-state index in [1.165, 1.54) is 17.8 Å². The number of piperazine rings is 1. The topological polar surface area (TPSA) is 101 Å². The van der Waals surface area contributed by atoms with Crippen LogP contribution in [0.25, 0.3) is 6.08 Å². The number of amides is 1. The van der Waals surface area contributed by atoms with Crippen molar-refractivity contribution in [1.82, 2.24) is 10.2 Å². The number of rotatable bonds is 6. The van der Waals surface area contributed by atoms with Crippen LogP contribution in [-0.2, 0) is 23.7 Å². The van der Waals surface area contributed by atoms with Crippen molar-refractivity contribution in [2.24, 2.45) is 4.99 Å². The van der Waals surface area contributed by atoms with Crippen molar-refractivity contribution >= 4 is 40.8 Å². The Bertz CT molecular complexity index is 1330. The molecule has 2 heterocycles. The third kappa shape index (κ3) is 6.81. The number of halogens is 6. The van der Waals surface area contributed by atoms with Gasteiger partial charge < -0.3 is 26.0 Å². The minimum atomic E-state index is -4.99. The predicted octanol–water partition coefficient (Wildman–Crippen LogP) is 4.57. The Morgan fingerprint density at radius 1 is 1.15 bits per heavy atom. The average molecular weight is 572 g/mol. The van der Waals surface area contributed by atoms with E-state index in [4.69, 9.17) is 5.41 Å². The van der Waals surface area contributed by atoms with E-state index in [2.05, 4.69) is 15.6 Å². The zero-order valence-corrected chi connectivity index (χ0v) is 21.0. The van der Waals surface area contributed by atoms with E-state index in [-0.39, 0.29) is 24.3 Å². The molecule has 2 aliphatic rings. The summed E-state index contributed by atoms with van der Waals surface area (Å²) in [5.41, 5.74) is -2.04. The van der Waals surface area contributed by atoms with Crippen molar-refractivity contribution in [2.45, 2.75) is 24.9 Å². The van der Waals surface area contributed by atoms with E-state index in [1.54, 1.807) is 18.2 Å². The number of aliphatic hydroxyl groups is 1. The Balaban J connectivity index is 1.49. The van der Waals surface area contributed by atoms with E-state index in [1.807, 2.05) is 4.90 Å². The molecule has 1 fully saturated rings. The van der Waals surface area contributed by atoms with Crippen LogP contribution in [0.5, 0.6) is 0 Å². The molecule has 208 valence electrons. The molecule has 1 saturated heterocycles. The molecule has 0 aromatic heterocycles. The summed E-state index contributed by atoms with van der Waals surface area (Å²) < 4.78 is 79.2. The zero-order chi connectivity index (χ0) is 28.4. The van der Waals surface area contributed by atoms with Gasteiger partial charge in [-0.25, -0.2) is 0 Å². The van der Waals surface area contributed by atoms with Gasteiger partial charge in [-0.05, 0) is 53.2 Å². The first-order chi connectivity index (χ1) is 18.4. The number of nitrogens with zero attached hydrogens (tertiary/aromatic N) is 2. The van der Waals surface area contributed by atoms with E-state index < -0.39 is 35.9 Å². The number of nitrogens with one attached hydrogen (secondary N) is 3. The number of amidine groups is 1. The standard InChI is InChI=1S/C25H23F6N5O2S/c26-24(27,28)17-3-2-15(19(9-17)25(29,30)31)11-34-20-4-1-14(7-16(20)10-32)8-21-22(38)35-23(39-21)36-6-5-33-18(12-36)13-37/h1-4,7-10,18,32-34,37H,5-6,11-13H2/b21-8-,32-10?/t18-/m1/s1. The van der Waals surface area contributed by atoms with Crippen molar-refractivity contribution in [2.75, 3.05) is 31.6 Å². The van der Waals surface area contributed by atoms with Crippen LogP contribution in [0.3, 0.4) is 0 Å². The Labute approximate surface area is 223 Å². The minimum absolute atomic E-state index is 0.0474. The van der Waals surface area contributed by atoms with Crippen LogP contribution in [0.1, 0.15) is 27.8 Å². The van der Waals surface area contributed by atoms with Gasteiger partial charge in [0.15, 0.2) is 5.17 Å². The summed E-state index contributed by atoms with van der Waals surface area (Å²) in [6.45, 7) is 1.27. The Hall–Kier alpha value is -3.36. The summed E-state index contributed by atoms with van der Waals surface area (Å²) in [7, 11) is 0. The lowest BCUT2D eigenvalue weighted by atomic mass is 10.0. The first kappa shape index (κ1) is 28.6. The van der Waals surface area contributed by atoms with Gasteiger partial charge >= 0.3 is 12.4 Å². The second-order valence-corrected chi connectivity index (χ2v) is 9.81. The van der Waals surface area contributed by atoms with Crippen LogP contribution in [-0.4, -0.2) is 59.6 Å². The maximum Gasteiger partial charge on any atom is 0.416 e. The van der Waals surface area contributed by atoms with Gasteiger partial charge in [0.1, 0.15) is 0 Å². The monoisotopic (exact) mass is 571 g/mol. The number of benzene rings is 2. The molecule has 0 unspecified atom stereocenters. The van der Waals surface area contributed by atoms with Gasteiger partial charge in [-0.2, -0.15) is 31.3 Å². The summed E-state index contributed by atoms with van der Waals surface area (Å²) in [6.07, 6.45) is -7.34. The smallest absolute Gasteiger partial charge is 0.395 e. The summed E-state index contributed by atoms with van der Waals surface area (Å²) in [6, 6.07) is 5.99. The third-order valence-corrected chi connectivity index (χ3v) is 7.14. The van der Waals surface area contributed by atoms with Crippen LogP contribution in [0.4, 0.5) is 32.0 Å². The second kappa shape index (κ2) is 11.4. The lowest BCUT2D eigenvalue weighted by molar-refractivity contribution is -0.143. The number of aliphatic imine (C=N–C) groups is 1. The first-order valence-corrected chi connectivity index (χ1v) is 12.5. The van der Waals surface area contributed by atoms with Gasteiger partial charge in [0, 0.05) is 49.7 Å². The van der Waals surface area contributed by atoms with Crippen molar-refractivity contribution in [1.29, 1.82) is 5.41 Å². The van der Waals surface area contributed by atoms with Gasteiger partial charge in [0.05, 0.1) is 22.6 Å². The van der Waals surface area contributed by atoms with Gasteiger partial charge in [-0.1, -0.05) is 12.1 Å². The molecule has 1 amide bonds. The maximum absolute atomic E-state index is 13.5. The normalized spacial score (nSPS) is 19.4. The van der Waals surface area contributed by atoms with Crippen LogP contribution >= 0.6 is 11.8 Å². The fourth-order valence-corrected chi connectivity index (χ4v) is 5.07. The predicted molar refractivity (Wildman–Crippen MR) is 137 cm³/mol. The number of alkyl halides is 6. The van der Waals surface area contributed by atoms with E-state index in [0.29, 0.717) is 52.6 Å². The number of anilines is 1. The molecule has 2 aliphatic heterocycles. The Kier molecular flexibility index (Phi) is 8.37. The highest BCUT2D eigenvalue weighted by atomic mass is 32.2. The molecule has 1 atom stereocenters. The molecule has 0 aliphatic carbocycles. The zero-order valence-electron chi connectivity index (χ0n) is 20.2. The highest BCUT2D eigenvalue weighted by molar-refractivity contribution is 8.18. The van der Waals surface area contributed by atoms with Crippen molar-refractivity contribution in [3.63, 3.8) is 0 Å². The molecule has 39 heavy (non-hydrogen) atoms. The van der Waals surface area contributed by atoms with Crippen molar-refractivity contribution in [3.8, 4) is 0 Å². The van der Waals surface area contributed by atoms with E-state index in [0.717, 1.165) is 12.3 Å². The highest BCUT2D eigenvalue weighted by Crippen LogP contribution is 2.38. The van der Waals surface area contributed by atoms with Crippen LogP contribution in [0.2, 0.25) is 0 Å². The number of aliphatic hydroxyl groups excluding tert-OH is 1. The molecule has 0 bridgehead atoms. The SMILES string of the molecule is N=Cc1cc(/C=C2\SC(N3CCN[C@@H](CO)C3)=NC2=O)ccc1NCc1ccc(C(F)(F)F)cc1C(F)(F)F. The van der Waals surface area contributed by atoms with Gasteiger partial charge in [0.25, 0.3) is 5.91 Å². The quantitative estimate of drug-likeness (QED) is 0.230. The fourth-order valence-electron chi connectivity index (χ4n) is 4.12. The third-order valence-electron chi connectivity index (χ3n) is 6.10. The number of hydrogen-bond acceptors (Lipinski definition) is 7. The molecule has 4 rings (SSSR count). The van der Waals surface area contributed by atoms with E-state index in [9.17, 15) is 36.2 Å². The van der Waals surface area contributed by atoms with Gasteiger partial charge in [-0.15, -0.1) is 0 Å². The summed E-state index contributed by atoms with van der Waals surface area (Å²) in [5.74, 6) is -0.435. The molecule has 2 aromatic carbocycles. The van der Waals surface area contributed by atoms with Crippen LogP contribution < -0.4 is 10.6 Å². The summed E-state index contributed by atoms with van der Waals surface area (Å²) >= 11 is 1.18. The first-order valence-electron chi connectivity index (χ1n) is 11.7. The lowest BCUT2D eigenvalue weighted by Gasteiger charge is -2.33. The minimum Gasteiger partial charge on any atom is -0.395 e. The van der Waals surface area contributed by atoms with Crippen molar-refractivity contribution in [3.05, 3.63) is 69.1 Å². The van der Waals surface area contributed by atoms with Crippen LogP contribution in [0, 0.1) is 5.41 Å². The molecule has 2 aromatic rings. The second-order valence-electron chi connectivity index (χ2n) is 8.80. The summed E-state index contributed by atoms with van der Waals surface area (Å²) in [5, 5.41) is 23.5. The fraction of sp³-hybridized carbons (Fsp3) is 0.320. The average Bonchev–Trinajstić information content (AvgIpc) is 3.26. The van der Waals surface area contributed by atoms with E-state index >= 15 is 0 Å². The Morgan fingerprint density at radius 2 is 1.92 bits per heavy atom. The molecular formula is C25H23F6N5O2S. The molecule has 0 radical (unpaired) electrons. The molecule has 0 saturated carbocycles. The van der Waals surface area contributed by atoms with Crippen LogP contribution in [0.15, 0.2) is 46.3 Å². The van der Waals surface area contributed by atoms with Gasteiger partial charge in [0.2, 0.25) is 0 Å². The molecule has 4 N–H and O–H groups in total. The van der Waals surface area contributed by atoms with Crippen molar-refractivity contribution < 1.29 is 36.2 Å². The number of thioether (sulfide) groups is 1. The Morgan fingerprint density at radius 3 is 2.59 bits per heavy atom. The summed E-state index contributed by atoms with van der Waals surface area (Å²) in [4.78, 5) is 18.8. The number of carbonyl (C=O) groups is 1. The number of hydrogen-bond donors (Lipinski definition) is 4. The maximum atomic E-state index is 13.5. The molecular weight excluding hydrogens is 548 g/mol. The molecule has 14 heteroatoms. The largest absolute Gasteiger partial charge is 0.416 e. The van der Waals surface area contributed by atoms with Gasteiger partial charge in [-0.3, -0.25) is 4.79 Å². The lowest BCUT2D eigenvalue weighted by Crippen LogP contribution is -2.53. The molecule has 7 nitrogen and oxygen atoms in total. The number of carbonyl (C=O) groups excluding carboxylic acids is 1. The highest BCUT2D eigenvalue weighted by Gasteiger charge is 2.38.